The molecule has 36 heavy (non-hydrogen) atoms. The molecular weight excluding hydrogens is 460 g/mol. The summed E-state index contributed by atoms with van der Waals surface area (Å²) in [7, 11) is 2.93. The van der Waals surface area contributed by atoms with Gasteiger partial charge in [-0.3, -0.25) is 9.59 Å². The third-order valence-electron chi connectivity index (χ3n) is 6.50. The highest BCUT2D eigenvalue weighted by molar-refractivity contribution is 6.04. The average molecular weight is 497 g/mol. The Bertz CT molecular complexity index is 1110. The van der Waals surface area contributed by atoms with Crippen LogP contribution < -0.4 is 20.1 Å². The molecule has 0 heterocycles. The second-order valence-electron chi connectivity index (χ2n) is 9.40. The zero-order valence-electron chi connectivity index (χ0n) is 21.7. The molecule has 1 aliphatic carbocycles. The van der Waals surface area contributed by atoms with Crippen LogP contribution in [-0.4, -0.2) is 38.6 Å². The van der Waals surface area contributed by atoms with Crippen LogP contribution >= 0.6 is 0 Å². The molecule has 3 rings (SSSR count). The summed E-state index contributed by atoms with van der Waals surface area (Å²) in [6.45, 7) is 5.53. The predicted octanol–water partition coefficient (Wildman–Crippen LogP) is 5.45. The van der Waals surface area contributed by atoms with Gasteiger partial charge >= 0.3 is 5.97 Å². The summed E-state index contributed by atoms with van der Waals surface area (Å²) < 4.78 is 16.0. The zero-order valence-corrected chi connectivity index (χ0v) is 21.7. The number of anilines is 2. The van der Waals surface area contributed by atoms with E-state index in [2.05, 4.69) is 10.6 Å². The zero-order chi connectivity index (χ0) is 26.2. The molecule has 0 atom stereocenters. The van der Waals surface area contributed by atoms with Gasteiger partial charge in [-0.05, 0) is 36.8 Å². The minimum absolute atomic E-state index is 0.0865. The van der Waals surface area contributed by atoms with Gasteiger partial charge in [0.15, 0.2) is 18.1 Å². The first-order chi connectivity index (χ1) is 17.2. The van der Waals surface area contributed by atoms with Crippen molar-refractivity contribution in [3.63, 3.8) is 0 Å². The summed E-state index contributed by atoms with van der Waals surface area (Å²) in [5.41, 5.74) is 2.99. The lowest BCUT2D eigenvalue weighted by Crippen LogP contribution is -2.26. The van der Waals surface area contributed by atoms with Gasteiger partial charge < -0.3 is 24.8 Å². The highest BCUT2D eigenvalue weighted by Crippen LogP contribution is 2.35. The number of carbonyl (C=O) groups excluding carboxylic acids is 3. The third kappa shape index (κ3) is 6.56. The van der Waals surface area contributed by atoms with Crippen LogP contribution in [0.1, 0.15) is 73.4 Å². The minimum Gasteiger partial charge on any atom is -0.493 e. The van der Waals surface area contributed by atoms with Gasteiger partial charge in [0.05, 0.1) is 25.5 Å². The smallest absolute Gasteiger partial charge is 0.340 e. The van der Waals surface area contributed by atoms with Crippen LogP contribution in [0, 0.1) is 12.8 Å². The van der Waals surface area contributed by atoms with Crippen molar-refractivity contribution in [3.05, 3.63) is 47.0 Å². The van der Waals surface area contributed by atoms with Gasteiger partial charge in [-0.1, -0.05) is 51.3 Å². The summed E-state index contributed by atoms with van der Waals surface area (Å²) in [6, 6.07) is 8.81. The summed E-state index contributed by atoms with van der Waals surface area (Å²) in [6.07, 6.45) is 4.77. The molecule has 0 bridgehead atoms. The van der Waals surface area contributed by atoms with Gasteiger partial charge in [0.25, 0.3) is 5.91 Å². The fourth-order valence-electron chi connectivity index (χ4n) is 4.48. The number of benzene rings is 2. The van der Waals surface area contributed by atoms with Crippen molar-refractivity contribution >= 4 is 29.2 Å². The number of hydrogen-bond acceptors (Lipinski definition) is 6. The number of para-hydroxylation sites is 1. The van der Waals surface area contributed by atoms with Gasteiger partial charge in [0.1, 0.15) is 0 Å². The number of amides is 2. The second-order valence-corrected chi connectivity index (χ2v) is 9.40. The number of carbonyl (C=O) groups is 3. The quantitative estimate of drug-likeness (QED) is 0.448. The molecule has 194 valence electrons. The molecule has 0 spiro atoms. The largest absolute Gasteiger partial charge is 0.493 e. The molecule has 8 heteroatoms. The number of rotatable bonds is 9. The molecule has 1 fully saturated rings. The molecule has 0 radical (unpaired) electrons. The Morgan fingerprint density at radius 2 is 1.64 bits per heavy atom. The molecule has 2 amide bonds. The Balaban J connectivity index is 1.76. The van der Waals surface area contributed by atoms with Crippen molar-refractivity contribution in [3.8, 4) is 11.5 Å². The highest BCUT2D eigenvalue weighted by Gasteiger charge is 2.25. The van der Waals surface area contributed by atoms with Crippen LogP contribution in [0.4, 0.5) is 11.4 Å². The van der Waals surface area contributed by atoms with Crippen molar-refractivity contribution in [1.82, 2.24) is 0 Å². The van der Waals surface area contributed by atoms with E-state index in [1.165, 1.54) is 20.3 Å². The Kier molecular flexibility index (Phi) is 9.33. The van der Waals surface area contributed by atoms with Gasteiger partial charge in [-0.25, -0.2) is 4.79 Å². The van der Waals surface area contributed by atoms with Crippen molar-refractivity contribution in [2.24, 2.45) is 5.92 Å². The van der Waals surface area contributed by atoms with Crippen molar-refractivity contribution in [1.29, 1.82) is 0 Å². The maximum absolute atomic E-state index is 13.0. The van der Waals surface area contributed by atoms with Gasteiger partial charge in [-0.15, -0.1) is 0 Å². The van der Waals surface area contributed by atoms with Crippen molar-refractivity contribution < 1.29 is 28.6 Å². The lowest BCUT2D eigenvalue weighted by atomic mass is 9.88. The molecule has 1 saturated carbocycles. The summed E-state index contributed by atoms with van der Waals surface area (Å²) in [5, 5.41) is 5.73. The Morgan fingerprint density at radius 3 is 2.28 bits per heavy atom. The lowest BCUT2D eigenvalue weighted by Gasteiger charge is -2.22. The van der Waals surface area contributed by atoms with Crippen LogP contribution in [0.2, 0.25) is 0 Å². The molecule has 0 aromatic heterocycles. The maximum Gasteiger partial charge on any atom is 0.340 e. The average Bonchev–Trinajstić information content (AvgIpc) is 2.88. The van der Waals surface area contributed by atoms with E-state index in [4.69, 9.17) is 14.2 Å². The predicted molar refractivity (Wildman–Crippen MR) is 139 cm³/mol. The fourth-order valence-corrected chi connectivity index (χ4v) is 4.48. The molecule has 0 aliphatic heterocycles. The molecule has 2 aromatic carbocycles. The SMILES string of the molecule is COc1cc(NC(=O)C2CCCCC2)c(C(=O)OCC(=O)Nc2c(C)cccc2C(C)C)cc1OC. The summed E-state index contributed by atoms with van der Waals surface area (Å²) in [4.78, 5) is 38.6. The topological polar surface area (TPSA) is 103 Å². The van der Waals surface area contributed by atoms with Gasteiger partial charge in [0.2, 0.25) is 5.91 Å². The van der Waals surface area contributed by atoms with Crippen LogP contribution in [0.25, 0.3) is 0 Å². The van der Waals surface area contributed by atoms with E-state index in [-0.39, 0.29) is 29.0 Å². The van der Waals surface area contributed by atoms with E-state index in [9.17, 15) is 14.4 Å². The normalized spacial score (nSPS) is 13.7. The number of nitrogens with one attached hydrogen (secondary N) is 2. The van der Waals surface area contributed by atoms with E-state index < -0.39 is 18.5 Å². The number of methoxy groups -OCH3 is 2. The van der Waals surface area contributed by atoms with E-state index in [1.54, 1.807) is 6.07 Å². The second kappa shape index (κ2) is 12.4. The van der Waals surface area contributed by atoms with Crippen LogP contribution in [0.5, 0.6) is 11.5 Å². The van der Waals surface area contributed by atoms with Crippen molar-refractivity contribution in [2.45, 2.75) is 58.8 Å². The van der Waals surface area contributed by atoms with E-state index in [0.717, 1.165) is 48.9 Å². The lowest BCUT2D eigenvalue weighted by molar-refractivity contribution is -0.121. The molecule has 2 aromatic rings. The van der Waals surface area contributed by atoms with Crippen LogP contribution in [-0.2, 0) is 14.3 Å². The molecule has 1 aliphatic rings. The first-order valence-electron chi connectivity index (χ1n) is 12.4. The number of aryl methyl sites for hydroxylation is 1. The standard InChI is InChI=1S/C28H36N2O6/c1-17(2)20-13-9-10-18(3)26(20)30-25(31)16-36-28(33)21-14-23(34-4)24(35-5)15-22(21)29-27(32)19-11-7-6-8-12-19/h9-10,13-15,17,19H,6-8,11-12,16H2,1-5H3,(H,29,32)(H,30,31). The fraction of sp³-hybridized carbons (Fsp3) is 0.464. The van der Waals surface area contributed by atoms with E-state index in [1.807, 2.05) is 39.0 Å². The third-order valence-corrected chi connectivity index (χ3v) is 6.50. The Labute approximate surface area is 212 Å². The first kappa shape index (κ1) is 27.0. The Morgan fingerprint density at radius 1 is 0.972 bits per heavy atom. The number of hydrogen-bond donors (Lipinski definition) is 2. The minimum atomic E-state index is -0.751. The monoisotopic (exact) mass is 496 g/mol. The summed E-state index contributed by atoms with van der Waals surface area (Å²) in [5.74, 6) is -0.561. The van der Waals surface area contributed by atoms with E-state index >= 15 is 0 Å². The van der Waals surface area contributed by atoms with Crippen LogP contribution in [0.3, 0.4) is 0 Å². The van der Waals surface area contributed by atoms with Gasteiger partial charge in [0, 0.05) is 23.7 Å². The maximum atomic E-state index is 13.0. The van der Waals surface area contributed by atoms with Crippen molar-refractivity contribution in [2.75, 3.05) is 31.5 Å². The molecule has 8 nitrogen and oxygen atoms in total. The molecule has 0 unspecified atom stereocenters. The van der Waals surface area contributed by atoms with Crippen LogP contribution in [0.15, 0.2) is 30.3 Å². The summed E-state index contributed by atoms with van der Waals surface area (Å²) >= 11 is 0. The van der Waals surface area contributed by atoms with E-state index in [0.29, 0.717) is 11.5 Å². The first-order valence-corrected chi connectivity index (χ1v) is 12.4. The van der Waals surface area contributed by atoms with Gasteiger partial charge in [-0.2, -0.15) is 0 Å². The molecule has 2 N–H and O–H groups in total. The molecule has 0 saturated heterocycles. The highest BCUT2D eigenvalue weighted by atomic mass is 16.5. The Hall–Kier alpha value is -3.55. The molecular formula is C28H36N2O6. The number of esters is 1. The number of ether oxygens (including phenoxy) is 3.